The minimum Gasteiger partial charge on any atom is -0.372 e. The van der Waals surface area contributed by atoms with Crippen molar-refractivity contribution in [3.63, 3.8) is 0 Å². The quantitative estimate of drug-likeness (QED) is 0.323. The highest BCUT2D eigenvalue weighted by Gasteiger charge is 2.04. The molecule has 1 N–H and O–H groups in total. The lowest BCUT2D eigenvalue weighted by Gasteiger charge is -2.23. The van der Waals surface area contributed by atoms with Gasteiger partial charge in [0.15, 0.2) is 0 Å². The lowest BCUT2D eigenvalue weighted by molar-refractivity contribution is -0.384. The molecule has 0 atom stereocenters. The molecule has 0 aliphatic carbocycles. The van der Waals surface area contributed by atoms with Gasteiger partial charge in [-0.3, -0.25) is 14.9 Å². The Morgan fingerprint density at radius 2 is 1.85 bits per heavy atom. The van der Waals surface area contributed by atoms with E-state index in [9.17, 15) is 14.9 Å². The van der Waals surface area contributed by atoms with Gasteiger partial charge < -0.3 is 10.2 Å². The van der Waals surface area contributed by atoms with Crippen LogP contribution in [0.3, 0.4) is 0 Å². The van der Waals surface area contributed by atoms with Crippen molar-refractivity contribution in [1.29, 1.82) is 0 Å². The van der Waals surface area contributed by atoms with Gasteiger partial charge in [-0.15, -0.1) is 0 Å². The third kappa shape index (κ3) is 6.05. The van der Waals surface area contributed by atoms with Gasteiger partial charge in [0.1, 0.15) is 0 Å². The van der Waals surface area contributed by atoms with Crippen molar-refractivity contribution in [3.8, 4) is 0 Å². The fourth-order valence-corrected chi connectivity index (χ4v) is 2.53. The predicted octanol–water partition coefficient (Wildman–Crippen LogP) is 3.64. The summed E-state index contributed by atoms with van der Waals surface area (Å²) in [4.78, 5) is 24.3. The molecule has 0 bridgehead atoms. The molecule has 0 aliphatic rings. The number of nitrogens with one attached hydrogen (secondary N) is 1. The van der Waals surface area contributed by atoms with E-state index < -0.39 is 4.92 Å². The Balaban J connectivity index is 1.73. The van der Waals surface area contributed by atoms with Crippen molar-refractivity contribution in [2.75, 3.05) is 24.5 Å². The Morgan fingerprint density at radius 1 is 1.15 bits per heavy atom. The van der Waals surface area contributed by atoms with Crippen LogP contribution in [-0.4, -0.2) is 30.5 Å². The van der Waals surface area contributed by atoms with Crippen molar-refractivity contribution in [2.45, 2.75) is 13.3 Å². The third-order valence-corrected chi connectivity index (χ3v) is 3.94. The van der Waals surface area contributed by atoms with E-state index in [1.54, 1.807) is 18.2 Å². The number of hydrogen-bond acceptors (Lipinski definition) is 4. The summed E-state index contributed by atoms with van der Waals surface area (Å²) in [7, 11) is 0. The minimum absolute atomic E-state index is 0.0329. The maximum Gasteiger partial charge on any atom is 0.269 e. The number of carbonyl (C=O) groups excluding carboxylic acids is 1. The third-order valence-electron chi connectivity index (χ3n) is 3.94. The molecule has 136 valence electrons. The first-order valence-corrected chi connectivity index (χ1v) is 8.60. The normalized spacial score (nSPS) is 10.7. The van der Waals surface area contributed by atoms with Gasteiger partial charge in [-0.1, -0.05) is 18.2 Å². The number of nitro benzene ring substituents is 1. The second-order valence-corrected chi connectivity index (χ2v) is 5.74. The lowest BCUT2D eigenvalue weighted by atomic mass is 10.2. The van der Waals surface area contributed by atoms with Crippen LogP contribution in [-0.2, 0) is 4.79 Å². The van der Waals surface area contributed by atoms with Crippen LogP contribution in [0.2, 0.25) is 0 Å². The largest absolute Gasteiger partial charge is 0.372 e. The van der Waals surface area contributed by atoms with Crippen LogP contribution >= 0.6 is 0 Å². The number of para-hydroxylation sites is 1. The van der Waals surface area contributed by atoms with Crippen LogP contribution in [0.15, 0.2) is 60.7 Å². The summed E-state index contributed by atoms with van der Waals surface area (Å²) in [6, 6.07) is 16.2. The van der Waals surface area contributed by atoms with Gasteiger partial charge in [-0.05, 0) is 49.2 Å². The molecule has 26 heavy (non-hydrogen) atoms. The summed E-state index contributed by atoms with van der Waals surface area (Å²) in [5, 5.41) is 13.5. The molecular weight excluding hydrogens is 330 g/mol. The van der Waals surface area contributed by atoms with Crippen LogP contribution in [0.4, 0.5) is 11.4 Å². The molecule has 6 nitrogen and oxygen atoms in total. The molecule has 0 saturated heterocycles. The maximum atomic E-state index is 11.9. The topological polar surface area (TPSA) is 75.5 Å². The Bertz CT molecular complexity index is 743. The van der Waals surface area contributed by atoms with Gasteiger partial charge >= 0.3 is 0 Å². The molecule has 0 aromatic heterocycles. The van der Waals surface area contributed by atoms with E-state index in [2.05, 4.69) is 29.3 Å². The summed E-state index contributed by atoms with van der Waals surface area (Å²) in [5.41, 5.74) is 1.96. The zero-order valence-corrected chi connectivity index (χ0v) is 14.8. The molecule has 6 heteroatoms. The Morgan fingerprint density at radius 3 is 2.46 bits per heavy atom. The molecular formula is C20H23N3O3. The number of hydrogen-bond donors (Lipinski definition) is 1. The van der Waals surface area contributed by atoms with E-state index in [0.29, 0.717) is 6.54 Å². The molecule has 0 spiro atoms. The van der Waals surface area contributed by atoms with Crippen LogP contribution in [0.5, 0.6) is 0 Å². The minimum atomic E-state index is -0.449. The van der Waals surface area contributed by atoms with Gasteiger partial charge in [0, 0.05) is 43.5 Å². The highest BCUT2D eigenvalue weighted by Crippen LogP contribution is 2.13. The first kappa shape index (κ1) is 19.2. The van der Waals surface area contributed by atoms with Gasteiger partial charge in [0.25, 0.3) is 5.69 Å². The second kappa shape index (κ2) is 9.98. The van der Waals surface area contributed by atoms with Crippen molar-refractivity contribution < 1.29 is 9.72 Å². The molecule has 0 fully saturated rings. The van der Waals surface area contributed by atoms with Crippen molar-refractivity contribution in [2.24, 2.45) is 0 Å². The van der Waals surface area contributed by atoms with Crippen LogP contribution in [0, 0.1) is 10.1 Å². The highest BCUT2D eigenvalue weighted by molar-refractivity contribution is 5.91. The number of nitro groups is 1. The van der Waals surface area contributed by atoms with Crippen LogP contribution in [0.1, 0.15) is 18.9 Å². The molecule has 2 aromatic rings. The molecule has 0 unspecified atom stereocenters. The van der Waals surface area contributed by atoms with E-state index in [-0.39, 0.29) is 11.6 Å². The van der Waals surface area contributed by atoms with Gasteiger partial charge in [0.2, 0.25) is 5.91 Å². The molecule has 0 heterocycles. The number of rotatable bonds is 9. The van der Waals surface area contributed by atoms with Crippen molar-refractivity contribution >= 4 is 23.4 Å². The molecule has 1 amide bonds. The number of amides is 1. The maximum absolute atomic E-state index is 11.9. The van der Waals surface area contributed by atoms with Crippen molar-refractivity contribution in [3.05, 3.63) is 76.4 Å². The first-order chi connectivity index (χ1) is 12.6. The summed E-state index contributed by atoms with van der Waals surface area (Å²) < 4.78 is 0. The predicted molar refractivity (Wildman–Crippen MR) is 104 cm³/mol. The summed E-state index contributed by atoms with van der Waals surface area (Å²) >= 11 is 0. The van der Waals surface area contributed by atoms with E-state index in [0.717, 1.165) is 25.1 Å². The Hall–Kier alpha value is -3.15. The van der Waals surface area contributed by atoms with E-state index in [1.807, 2.05) is 18.2 Å². The number of anilines is 1. The first-order valence-electron chi connectivity index (χ1n) is 8.60. The monoisotopic (exact) mass is 353 g/mol. The van der Waals surface area contributed by atoms with Gasteiger partial charge in [-0.25, -0.2) is 0 Å². The van der Waals surface area contributed by atoms with Crippen LogP contribution < -0.4 is 10.2 Å². The molecule has 0 saturated carbocycles. The Kier molecular flexibility index (Phi) is 7.36. The zero-order valence-electron chi connectivity index (χ0n) is 14.8. The van der Waals surface area contributed by atoms with Crippen LogP contribution in [0.25, 0.3) is 6.08 Å². The standard InChI is InChI=1S/C20H23N3O3/c1-2-22(18-7-4-3-5-8-18)16-6-15-21-20(24)14-11-17-9-12-19(13-10-17)23(25)26/h3-5,7-14H,2,6,15-16H2,1H3,(H,21,24). The second-order valence-electron chi connectivity index (χ2n) is 5.74. The van der Waals surface area contributed by atoms with E-state index in [1.165, 1.54) is 23.9 Å². The van der Waals surface area contributed by atoms with Gasteiger partial charge in [0.05, 0.1) is 4.92 Å². The number of nitrogens with zero attached hydrogens (tertiary/aromatic N) is 2. The summed E-state index contributed by atoms with van der Waals surface area (Å²) in [6.07, 6.45) is 3.93. The number of non-ortho nitro benzene ring substituents is 1. The summed E-state index contributed by atoms with van der Waals surface area (Å²) in [6.45, 7) is 4.48. The summed E-state index contributed by atoms with van der Waals surface area (Å²) in [5.74, 6) is -0.175. The average Bonchev–Trinajstić information content (AvgIpc) is 2.67. The fourth-order valence-electron chi connectivity index (χ4n) is 2.53. The molecule has 0 aliphatic heterocycles. The Labute approximate surface area is 153 Å². The molecule has 0 radical (unpaired) electrons. The van der Waals surface area contributed by atoms with E-state index in [4.69, 9.17) is 0 Å². The highest BCUT2D eigenvalue weighted by atomic mass is 16.6. The number of benzene rings is 2. The SMILES string of the molecule is CCN(CCCNC(=O)C=Cc1ccc([N+](=O)[O-])cc1)c1ccccc1. The molecule has 2 rings (SSSR count). The lowest BCUT2D eigenvalue weighted by Crippen LogP contribution is -2.29. The molecule has 2 aromatic carbocycles. The smallest absolute Gasteiger partial charge is 0.269 e. The zero-order chi connectivity index (χ0) is 18.8. The van der Waals surface area contributed by atoms with Gasteiger partial charge in [-0.2, -0.15) is 0 Å². The number of carbonyl (C=O) groups is 1. The van der Waals surface area contributed by atoms with E-state index >= 15 is 0 Å². The fraction of sp³-hybridized carbons (Fsp3) is 0.250. The average molecular weight is 353 g/mol. The van der Waals surface area contributed by atoms with Crippen molar-refractivity contribution in [1.82, 2.24) is 5.32 Å².